The average molecular weight is 309 g/mol. The topological polar surface area (TPSA) is 51.5 Å². The summed E-state index contributed by atoms with van der Waals surface area (Å²) < 4.78 is 11.2. The maximum absolute atomic E-state index is 12.0. The standard InChI is InChI=1S/C19H19NO3/c1-13-7-9-16(10-8-13)22-12-19(21)20-14(2)18-11-15-5-3-4-6-17(15)23-18/h3-11,14H,12H2,1-2H3,(H,20,21)/t14-/m0/s1. The number of carbonyl (C=O) groups is 1. The first kappa shape index (κ1) is 15.2. The Balaban J connectivity index is 1.57. The number of nitrogens with one attached hydrogen (secondary N) is 1. The van der Waals surface area contributed by atoms with E-state index in [0.29, 0.717) is 5.75 Å². The predicted octanol–water partition coefficient (Wildman–Crippen LogP) is 4.00. The SMILES string of the molecule is Cc1ccc(OCC(=O)N[C@@H](C)c2cc3ccccc3o2)cc1. The number of hydrogen-bond acceptors (Lipinski definition) is 3. The van der Waals surface area contributed by atoms with Gasteiger partial charge in [-0.05, 0) is 38.1 Å². The zero-order valence-electron chi connectivity index (χ0n) is 13.2. The summed E-state index contributed by atoms with van der Waals surface area (Å²) in [6.07, 6.45) is 0. The highest BCUT2D eigenvalue weighted by Crippen LogP contribution is 2.23. The molecule has 0 saturated heterocycles. The van der Waals surface area contributed by atoms with Crippen LogP contribution in [0.15, 0.2) is 59.0 Å². The van der Waals surface area contributed by atoms with Crippen LogP contribution in [0.3, 0.4) is 0 Å². The molecule has 0 radical (unpaired) electrons. The number of rotatable bonds is 5. The Morgan fingerprint density at radius 2 is 1.91 bits per heavy atom. The van der Waals surface area contributed by atoms with E-state index in [1.54, 1.807) is 0 Å². The van der Waals surface area contributed by atoms with Crippen molar-refractivity contribution >= 4 is 16.9 Å². The summed E-state index contributed by atoms with van der Waals surface area (Å²) >= 11 is 0. The molecular weight excluding hydrogens is 290 g/mol. The van der Waals surface area contributed by atoms with Crippen LogP contribution >= 0.6 is 0 Å². The molecule has 1 aromatic heterocycles. The third-order valence-electron chi connectivity index (χ3n) is 3.64. The molecular formula is C19H19NO3. The summed E-state index contributed by atoms with van der Waals surface area (Å²) in [6.45, 7) is 3.88. The Kier molecular flexibility index (Phi) is 4.33. The van der Waals surface area contributed by atoms with Crippen molar-refractivity contribution in [2.24, 2.45) is 0 Å². The second-order valence-electron chi connectivity index (χ2n) is 5.58. The van der Waals surface area contributed by atoms with Gasteiger partial charge in [-0.1, -0.05) is 35.9 Å². The van der Waals surface area contributed by atoms with Crippen LogP contribution < -0.4 is 10.1 Å². The number of carbonyl (C=O) groups excluding carboxylic acids is 1. The minimum absolute atomic E-state index is 0.0202. The van der Waals surface area contributed by atoms with Gasteiger partial charge in [0.15, 0.2) is 6.61 Å². The van der Waals surface area contributed by atoms with Crippen LogP contribution in [-0.2, 0) is 4.79 Å². The van der Waals surface area contributed by atoms with E-state index in [9.17, 15) is 4.79 Å². The molecule has 3 rings (SSSR count). The zero-order chi connectivity index (χ0) is 16.2. The molecule has 1 N–H and O–H groups in total. The number of aryl methyl sites for hydroxylation is 1. The van der Waals surface area contributed by atoms with Gasteiger partial charge in [-0.2, -0.15) is 0 Å². The van der Waals surface area contributed by atoms with E-state index in [-0.39, 0.29) is 18.6 Å². The van der Waals surface area contributed by atoms with E-state index in [2.05, 4.69) is 5.32 Å². The van der Waals surface area contributed by atoms with Crippen LogP contribution in [0.1, 0.15) is 24.3 Å². The lowest BCUT2D eigenvalue weighted by atomic mass is 10.2. The van der Waals surface area contributed by atoms with Gasteiger partial charge >= 0.3 is 0 Å². The molecule has 0 saturated carbocycles. The summed E-state index contributed by atoms with van der Waals surface area (Å²) in [7, 11) is 0. The Morgan fingerprint density at radius 3 is 2.65 bits per heavy atom. The molecule has 0 unspecified atom stereocenters. The molecule has 0 aliphatic rings. The number of fused-ring (bicyclic) bond motifs is 1. The smallest absolute Gasteiger partial charge is 0.258 e. The number of para-hydroxylation sites is 1. The van der Waals surface area contributed by atoms with E-state index >= 15 is 0 Å². The predicted molar refractivity (Wildman–Crippen MR) is 89.4 cm³/mol. The fourth-order valence-corrected chi connectivity index (χ4v) is 2.35. The van der Waals surface area contributed by atoms with Gasteiger partial charge in [0.1, 0.15) is 17.1 Å². The number of amides is 1. The Morgan fingerprint density at radius 1 is 1.17 bits per heavy atom. The minimum Gasteiger partial charge on any atom is -0.484 e. The van der Waals surface area contributed by atoms with E-state index < -0.39 is 0 Å². The lowest BCUT2D eigenvalue weighted by Crippen LogP contribution is -2.31. The molecule has 1 atom stereocenters. The average Bonchev–Trinajstić information content (AvgIpc) is 2.98. The first-order chi connectivity index (χ1) is 11.1. The molecule has 2 aromatic carbocycles. The van der Waals surface area contributed by atoms with Gasteiger partial charge in [-0.3, -0.25) is 4.79 Å². The van der Waals surface area contributed by atoms with Gasteiger partial charge < -0.3 is 14.5 Å². The first-order valence-corrected chi connectivity index (χ1v) is 7.59. The Bertz CT molecular complexity index is 772. The second-order valence-corrected chi connectivity index (χ2v) is 5.58. The Labute approximate surface area is 135 Å². The van der Waals surface area contributed by atoms with Gasteiger partial charge in [-0.25, -0.2) is 0 Å². The highest BCUT2D eigenvalue weighted by Gasteiger charge is 2.14. The van der Waals surface area contributed by atoms with Crippen molar-refractivity contribution in [3.63, 3.8) is 0 Å². The molecule has 0 aliphatic carbocycles. The van der Waals surface area contributed by atoms with E-state index in [0.717, 1.165) is 22.3 Å². The number of ether oxygens (including phenoxy) is 1. The van der Waals surface area contributed by atoms with Crippen molar-refractivity contribution in [2.75, 3.05) is 6.61 Å². The summed E-state index contributed by atoms with van der Waals surface area (Å²) in [5, 5.41) is 3.91. The van der Waals surface area contributed by atoms with Crippen molar-refractivity contribution in [3.05, 3.63) is 65.9 Å². The Hall–Kier alpha value is -2.75. The van der Waals surface area contributed by atoms with E-state index in [4.69, 9.17) is 9.15 Å². The van der Waals surface area contributed by atoms with Crippen LogP contribution in [-0.4, -0.2) is 12.5 Å². The number of hydrogen-bond donors (Lipinski definition) is 1. The lowest BCUT2D eigenvalue weighted by Gasteiger charge is -2.12. The molecule has 23 heavy (non-hydrogen) atoms. The third kappa shape index (κ3) is 3.72. The normalized spacial score (nSPS) is 12.1. The molecule has 0 bridgehead atoms. The van der Waals surface area contributed by atoms with Gasteiger partial charge in [-0.15, -0.1) is 0 Å². The van der Waals surface area contributed by atoms with Crippen LogP contribution in [0.4, 0.5) is 0 Å². The van der Waals surface area contributed by atoms with Crippen molar-refractivity contribution in [2.45, 2.75) is 19.9 Å². The fraction of sp³-hybridized carbons (Fsp3) is 0.211. The first-order valence-electron chi connectivity index (χ1n) is 7.59. The van der Waals surface area contributed by atoms with Crippen molar-refractivity contribution in [3.8, 4) is 5.75 Å². The van der Waals surface area contributed by atoms with Crippen molar-refractivity contribution in [1.82, 2.24) is 5.32 Å². The van der Waals surface area contributed by atoms with Crippen molar-refractivity contribution < 1.29 is 13.9 Å². The molecule has 1 amide bonds. The molecule has 118 valence electrons. The summed E-state index contributed by atoms with van der Waals surface area (Å²) in [5.41, 5.74) is 1.97. The second kappa shape index (κ2) is 6.57. The van der Waals surface area contributed by atoms with Crippen molar-refractivity contribution in [1.29, 1.82) is 0 Å². The largest absolute Gasteiger partial charge is 0.484 e. The van der Waals surface area contributed by atoms with Crippen LogP contribution in [0.2, 0.25) is 0 Å². The van der Waals surface area contributed by atoms with Crippen LogP contribution in [0.25, 0.3) is 11.0 Å². The molecule has 0 fully saturated rings. The third-order valence-corrected chi connectivity index (χ3v) is 3.64. The maximum Gasteiger partial charge on any atom is 0.258 e. The highest BCUT2D eigenvalue weighted by atomic mass is 16.5. The minimum atomic E-state index is -0.212. The van der Waals surface area contributed by atoms with Crippen LogP contribution in [0.5, 0.6) is 5.75 Å². The maximum atomic E-state index is 12.0. The summed E-state index contributed by atoms with van der Waals surface area (Å²) in [5.74, 6) is 1.23. The number of furan rings is 1. The van der Waals surface area contributed by atoms with E-state index in [1.165, 1.54) is 0 Å². The molecule has 4 heteroatoms. The van der Waals surface area contributed by atoms with E-state index in [1.807, 2.05) is 68.4 Å². The van der Waals surface area contributed by atoms with Gasteiger partial charge in [0, 0.05) is 5.39 Å². The summed E-state index contributed by atoms with van der Waals surface area (Å²) in [4.78, 5) is 12.0. The molecule has 0 aliphatic heterocycles. The van der Waals surface area contributed by atoms with Crippen LogP contribution in [0, 0.1) is 6.92 Å². The van der Waals surface area contributed by atoms with Gasteiger partial charge in [0.2, 0.25) is 0 Å². The molecule has 4 nitrogen and oxygen atoms in total. The fourth-order valence-electron chi connectivity index (χ4n) is 2.35. The number of benzene rings is 2. The highest BCUT2D eigenvalue weighted by molar-refractivity contribution is 5.79. The van der Waals surface area contributed by atoms with Gasteiger partial charge in [0.25, 0.3) is 5.91 Å². The lowest BCUT2D eigenvalue weighted by molar-refractivity contribution is -0.123. The quantitative estimate of drug-likeness (QED) is 0.775. The zero-order valence-corrected chi connectivity index (χ0v) is 13.2. The summed E-state index contributed by atoms with van der Waals surface area (Å²) in [6, 6.07) is 17.1. The monoisotopic (exact) mass is 309 g/mol. The molecule has 3 aromatic rings. The van der Waals surface area contributed by atoms with Gasteiger partial charge in [0.05, 0.1) is 6.04 Å². The molecule has 1 heterocycles. The molecule has 0 spiro atoms.